The molecule has 0 radical (unpaired) electrons. The number of phenolic OH excluding ortho intramolecular Hbond substituents is 1. The second-order valence-corrected chi connectivity index (χ2v) is 9.82. The zero-order chi connectivity index (χ0) is 20.9. The monoisotopic (exact) mass is 404 g/mol. The van der Waals surface area contributed by atoms with Crippen LogP contribution in [-0.2, 0) is 11.6 Å². The van der Waals surface area contributed by atoms with Gasteiger partial charge in [-0.2, -0.15) is 0 Å². The average Bonchev–Trinajstić information content (AvgIpc) is 2.71. The molecule has 150 valence electrons. The van der Waals surface area contributed by atoms with E-state index in [0.29, 0.717) is 14.3 Å². The van der Waals surface area contributed by atoms with Crippen LogP contribution in [0.3, 0.4) is 0 Å². The molecule has 0 fully saturated rings. The predicted octanol–water partition coefficient (Wildman–Crippen LogP) is 6.12. The van der Waals surface area contributed by atoms with Crippen molar-refractivity contribution in [1.29, 1.82) is 0 Å². The van der Waals surface area contributed by atoms with Crippen LogP contribution in [0.1, 0.15) is 59.3 Å². The van der Waals surface area contributed by atoms with Crippen LogP contribution in [0.2, 0.25) is 0 Å². The van der Waals surface area contributed by atoms with Crippen LogP contribution in [0.5, 0.6) is 5.75 Å². The van der Waals surface area contributed by atoms with Crippen molar-refractivity contribution in [2.24, 2.45) is 0 Å². The first-order chi connectivity index (χ1) is 13.9. The summed E-state index contributed by atoms with van der Waals surface area (Å²) in [6.07, 6.45) is 3.74. The van der Waals surface area contributed by atoms with E-state index in [-0.39, 0.29) is 5.16 Å². The van der Waals surface area contributed by atoms with E-state index >= 15 is 0 Å². The predicted molar refractivity (Wildman–Crippen MR) is 124 cm³/mol. The summed E-state index contributed by atoms with van der Waals surface area (Å²) >= 11 is 0. The molecule has 0 bridgehead atoms. The van der Waals surface area contributed by atoms with Crippen LogP contribution >= 0.6 is 8.58 Å². The molecule has 0 spiro atoms. The third-order valence-electron chi connectivity index (χ3n) is 5.40. The summed E-state index contributed by atoms with van der Waals surface area (Å²) < 4.78 is 0. The number of aromatic hydroxyl groups is 1. The summed E-state index contributed by atoms with van der Waals surface area (Å²) in [7, 11) is 0.404. The molecule has 0 aromatic heterocycles. The SMILES string of the molecule is CCCC(C)(Pc1ccc(C)cc1C=O)c1cc(Cc2ccccc2)ccc1O. The van der Waals surface area contributed by atoms with Crippen LogP contribution in [0.25, 0.3) is 0 Å². The van der Waals surface area contributed by atoms with Crippen molar-refractivity contribution in [3.8, 4) is 5.75 Å². The largest absolute Gasteiger partial charge is 0.508 e. The molecule has 0 aliphatic rings. The zero-order valence-electron chi connectivity index (χ0n) is 17.4. The van der Waals surface area contributed by atoms with Crippen LogP contribution in [0.15, 0.2) is 66.7 Å². The molecule has 3 rings (SSSR count). The van der Waals surface area contributed by atoms with E-state index < -0.39 is 0 Å². The van der Waals surface area contributed by atoms with Crippen LogP contribution < -0.4 is 5.30 Å². The average molecular weight is 404 g/mol. The number of benzene rings is 3. The van der Waals surface area contributed by atoms with Crippen molar-refractivity contribution in [2.45, 2.75) is 45.2 Å². The first-order valence-electron chi connectivity index (χ1n) is 10.2. The Kier molecular flexibility index (Phi) is 6.87. The van der Waals surface area contributed by atoms with E-state index in [9.17, 15) is 9.90 Å². The maximum absolute atomic E-state index is 11.6. The molecule has 0 amide bonds. The maximum Gasteiger partial charge on any atom is 0.150 e. The van der Waals surface area contributed by atoms with Gasteiger partial charge in [-0.3, -0.25) is 4.79 Å². The zero-order valence-corrected chi connectivity index (χ0v) is 18.4. The van der Waals surface area contributed by atoms with E-state index in [1.807, 2.05) is 31.2 Å². The maximum atomic E-state index is 11.6. The molecular weight excluding hydrogens is 375 g/mol. The Hall–Kier alpha value is -2.44. The Morgan fingerprint density at radius 1 is 1.00 bits per heavy atom. The highest BCUT2D eigenvalue weighted by Crippen LogP contribution is 2.48. The molecule has 29 heavy (non-hydrogen) atoms. The molecule has 3 heteroatoms. The summed E-state index contributed by atoms with van der Waals surface area (Å²) in [5, 5.41) is 11.6. The minimum Gasteiger partial charge on any atom is -0.508 e. The van der Waals surface area contributed by atoms with Gasteiger partial charge in [-0.15, -0.1) is 0 Å². The van der Waals surface area contributed by atoms with Gasteiger partial charge in [0.15, 0.2) is 6.29 Å². The topological polar surface area (TPSA) is 37.3 Å². The molecule has 0 saturated carbocycles. The second-order valence-electron chi connectivity index (χ2n) is 7.93. The van der Waals surface area contributed by atoms with Crippen molar-refractivity contribution < 1.29 is 9.90 Å². The fourth-order valence-corrected chi connectivity index (χ4v) is 5.67. The number of rotatable bonds is 8. The number of phenols is 1. The van der Waals surface area contributed by atoms with E-state index in [4.69, 9.17) is 0 Å². The number of hydrogen-bond donors (Lipinski definition) is 1. The Morgan fingerprint density at radius 2 is 1.76 bits per heavy atom. The van der Waals surface area contributed by atoms with E-state index in [1.165, 1.54) is 11.1 Å². The van der Waals surface area contributed by atoms with Crippen molar-refractivity contribution in [3.05, 3.63) is 94.5 Å². The Balaban J connectivity index is 1.99. The smallest absolute Gasteiger partial charge is 0.150 e. The van der Waals surface area contributed by atoms with Gasteiger partial charge in [0, 0.05) is 16.3 Å². The molecule has 3 aromatic rings. The normalized spacial score (nSPS) is 13.5. The molecule has 0 aliphatic carbocycles. The van der Waals surface area contributed by atoms with Crippen LogP contribution in [0, 0.1) is 6.92 Å². The molecule has 1 N–H and O–H groups in total. The van der Waals surface area contributed by atoms with Crippen molar-refractivity contribution in [2.75, 3.05) is 0 Å². The van der Waals surface area contributed by atoms with Gasteiger partial charge in [-0.1, -0.05) is 89.0 Å². The lowest BCUT2D eigenvalue weighted by molar-refractivity contribution is 0.112. The summed E-state index contributed by atoms with van der Waals surface area (Å²) in [6, 6.07) is 22.4. The highest BCUT2D eigenvalue weighted by atomic mass is 31.1. The Bertz CT molecular complexity index is 981. The number of hydrogen-bond acceptors (Lipinski definition) is 2. The van der Waals surface area contributed by atoms with Gasteiger partial charge in [-0.25, -0.2) is 0 Å². The molecule has 2 unspecified atom stereocenters. The minimum absolute atomic E-state index is 0.224. The lowest BCUT2D eigenvalue weighted by Crippen LogP contribution is -2.21. The second kappa shape index (κ2) is 9.37. The number of aryl methyl sites for hydroxylation is 1. The summed E-state index contributed by atoms with van der Waals surface area (Å²) in [5.74, 6) is 0.338. The van der Waals surface area contributed by atoms with Crippen molar-refractivity contribution in [1.82, 2.24) is 0 Å². The fraction of sp³-hybridized carbons (Fsp3) is 0.269. The first-order valence-corrected chi connectivity index (χ1v) is 11.2. The van der Waals surface area contributed by atoms with Gasteiger partial charge in [0.1, 0.15) is 5.75 Å². The van der Waals surface area contributed by atoms with E-state index in [1.54, 1.807) is 0 Å². The van der Waals surface area contributed by atoms with E-state index in [0.717, 1.165) is 47.5 Å². The molecule has 0 aliphatic heterocycles. The third-order valence-corrected chi connectivity index (χ3v) is 7.20. The molecular formula is C26H29O2P. The Morgan fingerprint density at radius 3 is 2.45 bits per heavy atom. The highest BCUT2D eigenvalue weighted by molar-refractivity contribution is 7.48. The summed E-state index contributed by atoms with van der Waals surface area (Å²) in [5.41, 5.74) is 5.26. The first kappa shape index (κ1) is 21.3. The molecule has 2 nitrogen and oxygen atoms in total. The number of carbonyl (C=O) groups excluding carboxylic acids is 1. The molecule has 0 heterocycles. The van der Waals surface area contributed by atoms with Gasteiger partial charge in [0.2, 0.25) is 0 Å². The minimum atomic E-state index is -0.224. The lowest BCUT2D eigenvalue weighted by Gasteiger charge is -2.32. The fourth-order valence-electron chi connectivity index (χ4n) is 3.92. The van der Waals surface area contributed by atoms with Crippen molar-refractivity contribution >= 4 is 20.2 Å². The summed E-state index contributed by atoms with van der Waals surface area (Å²) in [4.78, 5) is 11.6. The Labute approximate surface area is 175 Å². The van der Waals surface area contributed by atoms with Gasteiger partial charge in [0.25, 0.3) is 0 Å². The molecule has 3 aromatic carbocycles. The number of aldehydes is 1. The quantitative estimate of drug-likeness (QED) is 0.363. The highest BCUT2D eigenvalue weighted by Gasteiger charge is 2.30. The molecule has 0 saturated heterocycles. The summed E-state index contributed by atoms with van der Waals surface area (Å²) in [6.45, 7) is 6.39. The van der Waals surface area contributed by atoms with E-state index in [2.05, 4.69) is 56.3 Å². The van der Waals surface area contributed by atoms with Gasteiger partial charge in [0.05, 0.1) is 0 Å². The van der Waals surface area contributed by atoms with Crippen LogP contribution in [-0.4, -0.2) is 11.4 Å². The van der Waals surface area contributed by atoms with Crippen molar-refractivity contribution in [3.63, 3.8) is 0 Å². The van der Waals surface area contributed by atoms with Gasteiger partial charge >= 0.3 is 0 Å². The van der Waals surface area contributed by atoms with Crippen LogP contribution in [0.4, 0.5) is 0 Å². The molecule has 2 atom stereocenters. The lowest BCUT2D eigenvalue weighted by atomic mass is 9.91. The third kappa shape index (κ3) is 5.14. The standard InChI is InChI=1S/C26H29O2P/c1-4-14-26(3,29-25-13-10-19(2)15-22(25)18-27)23-17-21(11-12-24(23)28)16-20-8-6-5-7-9-20/h5-13,15,17-18,28-29H,4,14,16H2,1-3H3. The van der Waals surface area contributed by atoms with Gasteiger partial charge < -0.3 is 5.11 Å². The number of carbonyl (C=O) groups is 1. The van der Waals surface area contributed by atoms with Gasteiger partial charge in [-0.05, 0) is 48.3 Å².